The molecule has 0 spiro atoms. The molecule has 1 N–H and O–H groups in total. The van der Waals surface area contributed by atoms with Gasteiger partial charge in [-0.2, -0.15) is 0 Å². The van der Waals surface area contributed by atoms with E-state index in [1.807, 2.05) is 25.1 Å². The average molecular weight is 311 g/mol. The number of nitrogens with zero attached hydrogens (tertiary/aromatic N) is 1. The zero-order valence-corrected chi connectivity index (χ0v) is 13.9. The Morgan fingerprint density at radius 2 is 2.05 bits per heavy atom. The SMILES string of the molecule is CCN(C(=S)Nc1ccc(C)c(Cl)c1)C1CCCCC1. The predicted molar refractivity (Wildman–Crippen MR) is 91.7 cm³/mol. The summed E-state index contributed by atoms with van der Waals surface area (Å²) in [6.45, 7) is 5.13. The van der Waals surface area contributed by atoms with E-state index < -0.39 is 0 Å². The lowest BCUT2D eigenvalue weighted by atomic mass is 9.94. The highest BCUT2D eigenvalue weighted by atomic mass is 35.5. The maximum atomic E-state index is 6.16. The van der Waals surface area contributed by atoms with Gasteiger partial charge in [0.2, 0.25) is 0 Å². The van der Waals surface area contributed by atoms with Gasteiger partial charge in [0.25, 0.3) is 0 Å². The first kappa shape index (κ1) is 15.6. The van der Waals surface area contributed by atoms with Gasteiger partial charge in [0.05, 0.1) is 0 Å². The van der Waals surface area contributed by atoms with Crippen molar-refractivity contribution in [1.29, 1.82) is 0 Å². The van der Waals surface area contributed by atoms with E-state index in [4.69, 9.17) is 23.8 Å². The number of aryl methyl sites for hydroxylation is 1. The maximum Gasteiger partial charge on any atom is 0.173 e. The van der Waals surface area contributed by atoms with Crippen LogP contribution in [0.3, 0.4) is 0 Å². The van der Waals surface area contributed by atoms with E-state index >= 15 is 0 Å². The van der Waals surface area contributed by atoms with Gasteiger partial charge in [0.1, 0.15) is 0 Å². The van der Waals surface area contributed by atoms with E-state index in [0.717, 1.165) is 27.9 Å². The molecule has 20 heavy (non-hydrogen) atoms. The molecule has 0 heterocycles. The minimum absolute atomic E-state index is 0.592. The molecular weight excluding hydrogens is 288 g/mol. The monoisotopic (exact) mass is 310 g/mol. The summed E-state index contributed by atoms with van der Waals surface area (Å²) in [5, 5.41) is 4.93. The van der Waals surface area contributed by atoms with Gasteiger partial charge in [-0.3, -0.25) is 0 Å². The number of benzene rings is 1. The fourth-order valence-corrected chi connectivity index (χ4v) is 3.40. The normalized spacial score (nSPS) is 15.9. The standard InChI is InChI=1S/C16H23ClN2S/c1-3-19(14-7-5-4-6-8-14)16(20)18-13-10-9-12(2)15(17)11-13/h9-11,14H,3-8H2,1-2H3,(H,18,20). The highest BCUT2D eigenvalue weighted by molar-refractivity contribution is 7.80. The number of nitrogens with one attached hydrogen (secondary N) is 1. The van der Waals surface area contributed by atoms with Crippen LogP contribution in [0, 0.1) is 6.92 Å². The van der Waals surface area contributed by atoms with Gasteiger partial charge >= 0.3 is 0 Å². The molecule has 0 bridgehead atoms. The van der Waals surface area contributed by atoms with Crippen LogP contribution in [0.4, 0.5) is 5.69 Å². The summed E-state index contributed by atoms with van der Waals surface area (Å²) < 4.78 is 0. The Morgan fingerprint density at radius 1 is 1.35 bits per heavy atom. The second-order valence-electron chi connectivity index (χ2n) is 5.47. The molecule has 110 valence electrons. The van der Waals surface area contributed by atoms with Crippen molar-refractivity contribution in [2.24, 2.45) is 0 Å². The molecule has 0 radical (unpaired) electrons. The van der Waals surface area contributed by atoms with Gasteiger partial charge in [0.15, 0.2) is 5.11 Å². The lowest BCUT2D eigenvalue weighted by Gasteiger charge is -2.35. The summed E-state index contributed by atoms with van der Waals surface area (Å²) in [6, 6.07) is 6.58. The van der Waals surface area contributed by atoms with Gasteiger partial charge in [-0.25, -0.2) is 0 Å². The lowest BCUT2D eigenvalue weighted by molar-refractivity contribution is 0.255. The first-order chi connectivity index (χ1) is 9.61. The zero-order chi connectivity index (χ0) is 14.5. The molecule has 0 atom stereocenters. The summed E-state index contributed by atoms with van der Waals surface area (Å²) >= 11 is 11.7. The van der Waals surface area contributed by atoms with Crippen molar-refractivity contribution in [3.05, 3.63) is 28.8 Å². The van der Waals surface area contributed by atoms with E-state index in [1.165, 1.54) is 32.1 Å². The Bertz CT molecular complexity index is 470. The van der Waals surface area contributed by atoms with Crippen LogP contribution in [0.2, 0.25) is 5.02 Å². The van der Waals surface area contributed by atoms with E-state index in [2.05, 4.69) is 17.1 Å². The second-order valence-corrected chi connectivity index (χ2v) is 6.27. The number of thiocarbonyl (C=S) groups is 1. The van der Waals surface area contributed by atoms with Crippen molar-refractivity contribution in [2.45, 2.75) is 52.0 Å². The van der Waals surface area contributed by atoms with Crippen LogP contribution in [0.15, 0.2) is 18.2 Å². The van der Waals surface area contributed by atoms with Crippen LogP contribution in [0.1, 0.15) is 44.6 Å². The van der Waals surface area contributed by atoms with Crippen LogP contribution in [-0.2, 0) is 0 Å². The van der Waals surface area contributed by atoms with Gasteiger partial charge in [-0.15, -0.1) is 0 Å². The minimum atomic E-state index is 0.592. The number of hydrogen-bond donors (Lipinski definition) is 1. The summed E-state index contributed by atoms with van der Waals surface area (Å²) in [4.78, 5) is 2.32. The molecule has 1 saturated carbocycles. The van der Waals surface area contributed by atoms with E-state index in [-0.39, 0.29) is 0 Å². The molecule has 1 fully saturated rings. The van der Waals surface area contributed by atoms with E-state index in [1.54, 1.807) is 0 Å². The molecule has 1 aromatic rings. The van der Waals surface area contributed by atoms with Crippen molar-refractivity contribution >= 4 is 34.6 Å². The molecule has 1 aliphatic rings. The molecule has 0 amide bonds. The Kier molecular flexibility index (Phi) is 5.67. The second kappa shape index (κ2) is 7.28. The molecule has 4 heteroatoms. The van der Waals surface area contributed by atoms with Gasteiger partial charge in [-0.05, 0) is 56.6 Å². The van der Waals surface area contributed by atoms with Crippen LogP contribution in [0.25, 0.3) is 0 Å². The van der Waals surface area contributed by atoms with Crippen LogP contribution in [0.5, 0.6) is 0 Å². The summed E-state index contributed by atoms with van der Waals surface area (Å²) in [6.07, 6.45) is 6.51. The average Bonchev–Trinajstić information content (AvgIpc) is 2.45. The van der Waals surface area contributed by atoms with Gasteiger partial charge in [0, 0.05) is 23.3 Å². The molecule has 0 aromatic heterocycles. The fourth-order valence-electron chi connectivity index (χ4n) is 2.83. The fraction of sp³-hybridized carbons (Fsp3) is 0.562. The van der Waals surface area contributed by atoms with Crippen LogP contribution in [-0.4, -0.2) is 22.6 Å². The molecular formula is C16H23ClN2S. The molecule has 2 rings (SSSR count). The number of rotatable bonds is 3. The number of hydrogen-bond acceptors (Lipinski definition) is 1. The van der Waals surface area contributed by atoms with Crippen molar-refractivity contribution in [2.75, 3.05) is 11.9 Å². The maximum absolute atomic E-state index is 6.16. The molecule has 0 saturated heterocycles. The third-order valence-corrected chi connectivity index (χ3v) is 4.78. The van der Waals surface area contributed by atoms with Crippen LogP contribution >= 0.6 is 23.8 Å². The topological polar surface area (TPSA) is 15.3 Å². The first-order valence-corrected chi connectivity index (χ1v) is 8.24. The van der Waals surface area contributed by atoms with E-state index in [9.17, 15) is 0 Å². The number of halogens is 1. The Balaban J connectivity index is 2.02. The number of anilines is 1. The van der Waals surface area contributed by atoms with E-state index in [0.29, 0.717) is 6.04 Å². The zero-order valence-electron chi connectivity index (χ0n) is 12.3. The molecule has 1 aromatic carbocycles. The first-order valence-electron chi connectivity index (χ1n) is 7.45. The third kappa shape index (κ3) is 3.86. The summed E-state index contributed by atoms with van der Waals surface area (Å²) in [7, 11) is 0. The molecule has 2 nitrogen and oxygen atoms in total. The third-order valence-electron chi connectivity index (χ3n) is 4.04. The minimum Gasteiger partial charge on any atom is -0.346 e. The smallest absolute Gasteiger partial charge is 0.173 e. The quantitative estimate of drug-likeness (QED) is 0.791. The Labute approximate surface area is 132 Å². The van der Waals surface area contributed by atoms with Gasteiger partial charge < -0.3 is 10.2 Å². The van der Waals surface area contributed by atoms with Crippen molar-refractivity contribution < 1.29 is 0 Å². The highest BCUT2D eigenvalue weighted by Crippen LogP contribution is 2.24. The highest BCUT2D eigenvalue weighted by Gasteiger charge is 2.21. The van der Waals surface area contributed by atoms with Gasteiger partial charge in [-0.1, -0.05) is 36.9 Å². The Morgan fingerprint density at radius 3 is 2.65 bits per heavy atom. The van der Waals surface area contributed by atoms with Crippen molar-refractivity contribution in [3.63, 3.8) is 0 Å². The van der Waals surface area contributed by atoms with Crippen LogP contribution < -0.4 is 5.32 Å². The summed E-state index contributed by atoms with van der Waals surface area (Å²) in [5.41, 5.74) is 2.06. The molecule has 0 aliphatic heterocycles. The predicted octanol–water partition coefficient (Wildman–Crippen LogP) is 5.00. The molecule has 0 unspecified atom stereocenters. The Hall–Kier alpha value is -0.800. The van der Waals surface area contributed by atoms with Crippen molar-refractivity contribution in [3.8, 4) is 0 Å². The van der Waals surface area contributed by atoms with Crippen molar-refractivity contribution in [1.82, 2.24) is 4.90 Å². The summed E-state index contributed by atoms with van der Waals surface area (Å²) in [5.74, 6) is 0. The molecule has 1 aliphatic carbocycles. The lowest BCUT2D eigenvalue weighted by Crippen LogP contribution is -2.43. The largest absolute Gasteiger partial charge is 0.346 e.